The monoisotopic (exact) mass is 634 g/mol. The van der Waals surface area contributed by atoms with Crippen LogP contribution in [0.3, 0.4) is 0 Å². The second-order valence-corrected chi connectivity index (χ2v) is 12.7. The Hall–Kier alpha value is -2.94. The summed E-state index contributed by atoms with van der Waals surface area (Å²) in [6.45, 7) is 10.6. The molecule has 1 saturated heterocycles. The van der Waals surface area contributed by atoms with Gasteiger partial charge in [-0.05, 0) is 23.5 Å². The van der Waals surface area contributed by atoms with Gasteiger partial charge in [0.1, 0.15) is 6.04 Å². The van der Waals surface area contributed by atoms with Gasteiger partial charge in [0.25, 0.3) is 0 Å². The minimum Gasteiger partial charge on any atom is -0.481 e. The summed E-state index contributed by atoms with van der Waals surface area (Å²) < 4.78 is 16.2. The Morgan fingerprint density at radius 1 is 1.05 bits per heavy atom. The van der Waals surface area contributed by atoms with Crippen LogP contribution in [-0.4, -0.2) is 109 Å². The van der Waals surface area contributed by atoms with Crippen molar-refractivity contribution < 1.29 is 38.8 Å². The first kappa shape index (κ1) is 35.5. The zero-order valence-electron chi connectivity index (χ0n) is 26.0. The highest BCUT2D eigenvalue weighted by Gasteiger charge is 2.43. The van der Waals surface area contributed by atoms with Gasteiger partial charge in [-0.1, -0.05) is 45.0 Å². The normalized spacial score (nSPS) is 17.5. The molecule has 1 aliphatic heterocycles. The molecular weight excluding hydrogens is 588 g/mol. The van der Waals surface area contributed by atoms with Gasteiger partial charge in [0.15, 0.2) is 0 Å². The van der Waals surface area contributed by atoms with Crippen LogP contribution in [0, 0.1) is 12.3 Å². The fourth-order valence-corrected chi connectivity index (χ4v) is 5.68. The minimum atomic E-state index is -0.900. The van der Waals surface area contributed by atoms with E-state index in [0.29, 0.717) is 46.1 Å². The van der Waals surface area contributed by atoms with Crippen LogP contribution in [0.1, 0.15) is 44.9 Å². The van der Waals surface area contributed by atoms with Crippen molar-refractivity contribution in [2.45, 2.75) is 65.3 Å². The van der Waals surface area contributed by atoms with E-state index in [9.17, 15) is 19.5 Å². The van der Waals surface area contributed by atoms with Crippen molar-refractivity contribution in [3.8, 4) is 10.4 Å². The van der Waals surface area contributed by atoms with Crippen LogP contribution < -0.4 is 10.6 Å². The van der Waals surface area contributed by atoms with Gasteiger partial charge in [-0.15, -0.1) is 11.3 Å². The SMILES string of the molecule is Cc1ncsc1-c1ccc(CNC(=O)C2CC(O)CN2C(=O)C(NCCOCCOCCOCCC(=O)O)C(C)(C)C)cc1. The summed E-state index contributed by atoms with van der Waals surface area (Å²) in [5.74, 6) is -1.42. The maximum atomic E-state index is 13.7. The van der Waals surface area contributed by atoms with Crippen LogP contribution in [0.2, 0.25) is 0 Å². The van der Waals surface area contributed by atoms with E-state index in [2.05, 4.69) is 15.6 Å². The molecule has 0 spiro atoms. The number of aryl methyl sites for hydroxylation is 1. The zero-order valence-corrected chi connectivity index (χ0v) is 26.9. The van der Waals surface area contributed by atoms with Crippen molar-refractivity contribution in [2.75, 3.05) is 52.7 Å². The molecular formula is C31H46N4O8S. The lowest BCUT2D eigenvalue weighted by molar-refractivity contribution is -0.142. The number of aliphatic carboxylic acids is 1. The van der Waals surface area contributed by atoms with Crippen molar-refractivity contribution in [2.24, 2.45) is 5.41 Å². The number of benzene rings is 1. The summed E-state index contributed by atoms with van der Waals surface area (Å²) in [7, 11) is 0. The average molecular weight is 635 g/mol. The third kappa shape index (κ3) is 11.2. The number of ether oxygens (including phenoxy) is 3. The van der Waals surface area contributed by atoms with E-state index in [1.165, 1.54) is 4.90 Å². The topological polar surface area (TPSA) is 160 Å². The number of nitrogens with zero attached hydrogens (tertiary/aromatic N) is 2. The maximum absolute atomic E-state index is 13.7. The molecule has 1 fully saturated rings. The molecule has 3 unspecified atom stereocenters. The van der Waals surface area contributed by atoms with Gasteiger partial charge < -0.3 is 40.0 Å². The molecule has 3 atom stereocenters. The van der Waals surface area contributed by atoms with Gasteiger partial charge in [-0.2, -0.15) is 0 Å². The summed E-state index contributed by atoms with van der Waals surface area (Å²) >= 11 is 1.59. The van der Waals surface area contributed by atoms with Crippen LogP contribution in [0.15, 0.2) is 29.8 Å². The second-order valence-electron chi connectivity index (χ2n) is 11.8. The largest absolute Gasteiger partial charge is 0.481 e. The van der Waals surface area contributed by atoms with E-state index in [4.69, 9.17) is 19.3 Å². The Kier molecular flexibility index (Phi) is 14.2. The smallest absolute Gasteiger partial charge is 0.305 e. The minimum absolute atomic E-state index is 0.0373. The van der Waals surface area contributed by atoms with E-state index >= 15 is 0 Å². The molecule has 0 radical (unpaired) electrons. The van der Waals surface area contributed by atoms with Crippen LogP contribution in [0.5, 0.6) is 0 Å². The summed E-state index contributed by atoms with van der Waals surface area (Å²) in [5.41, 5.74) is 4.36. The number of nitrogens with one attached hydrogen (secondary N) is 2. The van der Waals surface area contributed by atoms with Gasteiger partial charge in [0, 0.05) is 26.1 Å². The maximum Gasteiger partial charge on any atom is 0.305 e. The Morgan fingerprint density at radius 3 is 2.27 bits per heavy atom. The molecule has 1 aliphatic rings. The third-order valence-electron chi connectivity index (χ3n) is 7.21. The summed E-state index contributed by atoms with van der Waals surface area (Å²) in [6.07, 6.45) is -0.626. The van der Waals surface area contributed by atoms with Crippen molar-refractivity contribution >= 4 is 29.1 Å². The Labute approximate surface area is 263 Å². The molecule has 4 N–H and O–H groups in total. The molecule has 13 heteroatoms. The fourth-order valence-electron chi connectivity index (χ4n) is 4.87. The predicted octanol–water partition coefficient (Wildman–Crippen LogP) is 2.23. The summed E-state index contributed by atoms with van der Waals surface area (Å²) in [6, 6.07) is 6.60. The number of carboxylic acids is 1. The van der Waals surface area contributed by atoms with E-state index in [1.807, 2.05) is 57.5 Å². The number of hydrogen-bond donors (Lipinski definition) is 4. The first-order chi connectivity index (χ1) is 21.0. The Bertz CT molecular complexity index is 1200. The number of aliphatic hydroxyl groups is 1. The van der Waals surface area contributed by atoms with Gasteiger partial charge in [-0.3, -0.25) is 14.4 Å². The van der Waals surface area contributed by atoms with Gasteiger partial charge in [0.05, 0.1) is 74.3 Å². The molecule has 2 aromatic rings. The molecule has 44 heavy (non-hydrogen) atoms. The highest BCUT2D eigenvalue weighted by Crippen LogP contribution is 2.28. The highest BCUT2D eigenvalue weighted by molar-refractivity contribution is 7.13. The standard InChI is InChI=1S/C31H46N4O8S/c1-21-27(44-20-34-21)23-7-5-22(6-8-23)18-33-29(39)25-17-24(36)19-35(25)30(40)28(31(2,3)4)32-10-12-42-14-16-43-15-13-41-11-9-26(37)38/h5-8,20,24-25,28,32,36H,9-19H2,1-4H3,(H,33,39)(H,37,38). The molecule has 12 nitrogen and oxygen atoms in total. The quantitative estimate of drug-likeness (QED) is 0.179. The highest BCUT2D eigenvalue weighted by atomic mass is 32.1. The predicted molar refractivity (Wildman–Crippen MR) is 166 cm³/mol. The lowest BCUT2D eigenvalue weighted by Gasteiger charge is -2.35. The van der Waals surface area contributed by atoms with Gasteiger partial charge >= 0.3 is 5.97 Å². The number of carboxylic acid groups (broad SMARTS) is 1. The van der Waals surface area contributed by atoms with E-state index in [0.717, 1.165) is 21.7 Å². The lowest BCUT2D eigenvalue weighted by Crippen LogP contribution is -2.57. The molecule has 2 heterocycles. The van der Waals surface area contributed by atoms with E-state index in [-0.39, 0.29) is 37.8 Å². The number of carbonyl (C=O) groups excluding carboxylic acids is 2. The first-order valence-corrected chi connectivity index (χ1v) is 15.8. The number of thiazole rings is 1. The van der Waals surface area contributed by atoms with Crippen molar-refractivity contribution in [1.82, 2.24) is 20.5 Å². The van der Waals surface area contributed by atoms with Gasteiger partial charge in [-0.25, -0.2) is 4.98 Å². The number of β-amino-alcohol motifs (C(OH)–C–C–N with tert-alkyl or cyclic N) is 1. The number of rotatable bonds is 18. The van der Waals surface area contributed by atoms with Crippen LogP contribution >= 0.6 is 11.3 Å². The third-order valence-corrected chi connectivity index (χ3v) is 8.18. The molecule has 3 rings (SSSR count). The average Bonchev–Trinajstić information content (AvgIpc) is 3.58. The van der Waals surface area contributed by atoms with Gasteiger partial charge in [0.2, 0.25) is 11.8 Å². The number of hydrogen-bond acceptors (Lipinski definition) is 10. The van der Waals surface area contributed by atoms with Crippen LogP contribution in [0.4, 0.5) is 0 Å². The number of aliphatic hydroxyl groups excluding tert-OH is 1. The molecule has 0 aliphatic carbocycles. The molecule has 2 amide bonds. The summed E-state index contributed by atoms with van der Waals surface area (Å²) in [4.78, 5) is 44.3. The summed E-state index contributed by atoms with van der Waals surface area (Å²) in [5, 5.41) is 25.2. The van der Waals surface area contributed by atoms with Crippen molar-refractivity contribution in [1.29, 1.82) is 0 Å². The van der Waals surface area contributed by atoms with Crippen molar-refractivity contribution in [3.63, 3.8) is 0 Å². The van der Waals surface area contributed by atoms with E-state index < -0.39 is 29.6 Å². The molecule has 244 valence electrons. The molecule has 1 aromatic carbocycles. The van der Waals surface area contributed by atoms with E-state index in [1.54, 1.807) is 11.3 Å². The molecule has 0 saturated carbocycles. The number of likely N-dealkylation sites (tertiary alicyclic amines) is 1. The Morgan fingerprint density at radius 2 is 1.68 bits per heavy atom. The number of carbonyl (C=O) groups is 3. The number of amides is 2. The second kappa shape index (κ2) is 17.5. The Balaban J connectivity index is 1.44. The van der Waals surface area contributed by atoms with Crippen molar-refractivity contribution in [3.05, 3.63) is 41.0 Å². The first-order valence-electron chi connectivity index (χ1n) is 14.9. The fraction of sp³-hybridized carbons (Fsp3) is 0.613. The molecule has 1 aromatic heterocycles. The molecule has 0 bridgehead atoms. The van der Waals surface area contributed by atoms with Crippen LogP contribution in [-0.2, 0) is 35.1 Å². The van der Waals surface area contributed by atoms with Crippen LogP contribution in [0.25, 0.3) is 10.4 Å². The zero-order chi connectivity index (χ0) is 32.1. The number of aromatic nitrogens is 1. The lowest BCUT2D eigenvalue weighted by atomic mass is 9.85.